The molecular formula is C15H25ClN2. The Balaban J connectivity index is 2.36. The van der Waals surface area contributed by atoms with Gasteiger partial charge in [0.15, 0.2) is 0 Å². The molecule has 0 aliphatic heterocycles. The average Bonchev–Trinajstić information content (AvgIpc) is 2.29. The monoisotopic (exact) mass is 268 g/mol. The quantitative estimate of drug-likeness (QED) is 0.815. The first-order valence-corrected chi connectivity index (χ1v) is 6.98. The van der Waals surface area contributed by atoms with Crippen LogP contribution in [0.3, 0.4) is 0 Å². The molecule has 3 heteroatoms. The van der Waals surface area contributed by atoms with E-state index in [1.807, 2.05) is 12.1 Å². The minimum Gasteiger partial charge on any atom is -0.311 e. The largest absolute Gasteiger partial charge is 0.311 e. The molecule has 0 amide bonds. The van der Waals surface area contributed by atoms with Crippen molar-refractivity contribution in [3.8, 4) is 0 Å². The summed E-state index contributed by atoms with van der Waals surface area (Å²) in [5.41, 5.74) is 1.28. The summed E-state index contributed by atoms with van der Waals surface area (Å²) in [5.74, 6) is 0.731. The summed E-state index contributed by atoms with van der Waals surface area (Å²) in [4.78, 5) is 2.30. The highest BCUT2D eigenvalue weighted by atomic mass is 35.5. The van der Waals surface area contributed by atoms with Crippen LogP contribution in [0, 0.1) is 5.92 Å². The predicted molar refractivity (Wildman–Crippen MR) is 80.1 cm³/mol. The van der Waals surface area contributed by atoms with Crippen molar-refractivity contribution in [1.29, 1.82) is 0 Å². The van der Waals surface area contributed by atoms with E-state index in [0.29, 0.717) is 6.04 Å². The highest BCUT2D eigenvalue weighted by Gasteiger charge is 2.12. The summed E-state index contributed by atoms with van der Waals surface area (Å²) in [6.07, 6.45) is 1.22. The van der Waals surface area contributed by atoms with Gasteiger partial charge in [-0.3, -0.25) is 0 Å². The van der Waals surface area contributed by atoms with Crippen LogP contribution in [0.4, 0.5) is 0 Å². The Kier molecular flexibility index (Phi) is 6.69. The second-order valence-corrected chi connectivity index (χ2v) is 5.94. The van der Waals surface area contributed by atoms with Crippen LogP contribution in [-0.2, 0) is 6.54 Å². The molecule has 18 heavy (non-hydrogen) atoms. The minimum atomic E-state index is 0.595. The second-order valence-electron chi connectivity index (χ2n) is 5.50. The van der Waals surface area contributed by atoms with Gasteiger partial charge in [-0.2, -0.15) is 0 Å². The molecule has 2 nitrogen and oxygen atoms in total. The Hall–Kier alpha value is -0.570. The molecule has 0 saturated carbocycles. The van der Waals surface area contributed by atoms with Gasteiger partial charge in [0.2, 0.25) is 0 Å². The molecule has 1 rings (SSSR count). The van der Waals surface area contributed by atoms with Gasteiger partial charge < -0.3 is 10.2 Å². The van der Waals surface area contributed by atoms with E-state index in [1.54, 1.807) is 0 Å². The fourth-order valence-electron chi connectivity index (χ4n) is 2.01. The van der Waals surface area contributed by atoms with Crippen molar-refractivity contribution < 1.29 is 0 Å². The lowest BCUT2D eigenvalue weighted by Gasteiger charge is -2.26. The first kappa shape index (κ1) is 15.5. The van der Waals surface area contributed by atoms with Crippen LogP contribution >= 0.6 is 11.6 Å². The first-order chi connectivity index (χ1) is 8.49. The maximum atomic E-state index is 5.87. The molecule has 102 valence electrons. The molecule has 1 N–H and O–H groups in total. The van der Waals surface area contributed by atoms with E-state index in [2.05, 4.69) is 50.3 Å². The normalized spacial score (nSPS) is 13.3. The van der Waals surface area contributed by atoms with Crippen LogP contribution in [0.5, 0.6) is 0 Å². The van der Waals surface area contributed by atoms with Crippen LogP contribution in [0.25, 0.3) is 0 Å². The van der Waals surface area contributed by atoms with Gasteiger partial charge in [-0.05, 0) is 44.1 Å². The summed E-state index contributed by atoms with van der Waals surface area (Å²) in [6.45, 7) is 6.47. The summed E-state index contributed by atoms with van der Waals surface area (Å²) >= 11 is 5.87. The minimum absolute atomic E-state index is 0.595. The van der Waals surface area contributed by atoms with Crippen LogP contribution in [0.15, 0.2) is 24.3 Å². The highest BCUT2D eigenvalue weighted by Crippen LogP contribution is 2.10. The van der Waals surface area contributed by atoms with Crippen molar-refractivity contribution >= 4 is 11.6 Å². The van der Waals surface area contributed by atoms with E-state index in [1.165, 1.54) is 12.0 Å². The molecule has 1 atom stereocenters. The Morgan fingerprint density at radius 2 is 1.78 bits per heavy atom. The smallest absolute Gasteiger partial charge is 0.0406 e. The van der Waals surface area contributed by atoms with E-state index in [9.17, 15) is 0 Å². The number of halogens is 1. The number of likely N-dealkylation sites (N-methyl/N-ethyl adjacent to an activating group) is 1. The predicted octanol–water partition coefficient (Wildman–Crippen LogP) is 3.41. The maximum Gasteiger partial charge on any atom is 0.0406 e. The molecule has 1 unspecified atom stereocenters. The molecular weight excluding hydrogens is 244 g/mol. The van der Waals surface area contributed by atoms with Gasteiger partial charge in [-0.15, -0.1) is 0 Å². The van der Waals surface area contributed by atoms with Crippen molar-refractivity contribution in [1.82, 2.24) is 10.2 Å². The molecule has 1 aromatic rings. The van der Waals surface area contributed by atoms with Gasteiger partial charge in [0.05, 0.1) is 0 Å². The third-order valence-corrected chi connectivity index (χ3v) is 3.35. The number of hydrogen-bond acceptors (Lipinski definition) is 2. The zero-order valence-corrected chi connectivity index (χ0v) is 12.7. The summed E-state index contributed by atoms with van der Waals surface area (Å²) < 4.78 is 0. The zero-order chi connectivity index (χ0) is 13.5. The Labute approximate surface area is 116 Å². The average molecular weight is 269 g/mol. The SMILES string of the molecule is CC(C)CC(CNCc1ccc(Cl)cc1)N(C)C. The fraction of sp³-hybridized carbons (Fsp3) is 0.600. The van der Waals surface area contributed by atoms with Crippen molar-refractivity contribution in [3.63, 3.8) is 0 Å². The number of nitrogens with zero attached hydrogens (tertiary/aromatic N) is 1. The van der Waals surface area contributed by atoms with Gasteiger partial charge in [0.1, 0.15) is 0 Å². The lowest BCUT2D eigenvalue weighted by molar-refractivity contribution is 0.246. The molecule has 0 radical (unpaired) electrons. The summed E-state index contributed by atoms with van der Waals surface area (Å²) in [5, 5.41) is 4.32. The number of benzene rings is 1. The molecule has 1 aromatic carbocycles. The summed E-state index contributed by atoms with van der Waals surface area (Å²) in [6, 6.07) is 8.62. The van der Waals surface area contributed by atoms with Crippen LogP contribution < -0.4 is 5.32 Å². The van der Waals surface area contributed by atoms with Crippen molar-refractivity contribution in [2.45, 2.75) is 32.9 Å². The van der Waals surface area contributed by atoms with E-state index >= 15 is 0 Å². The van der Waals surface area contributed by atoms with Crippen LogP contribution in [0.1, 0.15) is 25.8 Å². The van der Waals surface area contributed by atoms with Gasteiger partial charge in [-0.1, -0.05) is 37.6 Å². The number of nitrogens with one attached hydrogen (secondary N) is 1. The third kappa shape index (κ3) is 5.85. The van der Waals surface area contributed by atoms with E-state index < -0.39 is 0 Å². The number of rotatable bonds is 7. The highest BCUT2D eigenvalue weighted by molar-refractivity contribution is 6.30. The topological polar surface area (TPSA) is 15.3 Å². The van der Waals surface area contributed by atoms with E-state index in [4.69, 9.17) is 11.6 Å². The van der Waals surface area contributed by atoms with Crippen molar-refractivity contribution in [2.75, 3.05) is 20.6 Å². The summed E-state index contributed by atoms with van der Waals surface area (Å²) in [7, 11) is 4.30. The standard InChI is InChI=1S/C15H25ClN2/c1-12(2)9-15(18(3)4)11-17-10-13-5-7-14(16)8-6-13/h5-8,12,15,17H,9-11H2,1-4H3. The third-order valence-electron chi connectivity index (χ3n) is 3.10. The van der Waals surface area contributed by atoms with Crippen LogP contribution in [-0.4, -0.2) is 31.6 Å². The molecule has 0 heterocycles. The fourth-order valence-corrected chi connectivity index (χ4v) is 2.13. The van der Waals surface area contributed by atoms with Crippen LogP contribution in [0.2, 0.25) is 5.02 Å². The number of hydrogen-bond donors (Lipinski definition) is 1. The second kappa shape index (κ2) is 7.78. The molecule has 0 aromatic heterocycles. The molecule has 0 bridgehead atoms. The molecule has 0 fully saturated rings. The first-order valence-electron chi connectivity index (χ1n) is 6.60. The maximum absolute atomic E-state index is 5.87. The Morgan fingerprint density at radius 1 is 1.17 bits per heavy atom. The molecule has 0 aliphatic rings. The molecule has 0 aliphatic carbocycles. The van der Waals surface area contributed by atoms with E-state index in [0.717, 1.165) is 24.0 Å². The van der Waals surface area contributed by atoms with Gasteiger partial charge in [0.25, 0.3) is 0 Å². The lowest BCUT2D eigenvalue weighted by Crippen LogP contribution is -2.38. The molecule has 0 saturated heterocycles. The Bertz CT molecular complexity index is 333. The molecule has 0 spiro atoms. The van der Waals surface area contributed by atoms with Gasteiger partial charge in [-0.25, -0.2) is 0 Å². The van der Waals surface area contributed by atoms with E-state index in [-0.39, 0.29) is 0 Å². The van der Waals surface area contributed by atoms with Gasteiger partial charge in [0, 0.05) is 24.2 Å². The van der Waals surface area contributed by atoms with Crippen molar-refractivity contribution in [2.24, 2.45) is 5.92 Å². The Morgan fingerprint density at radius 3 is 2.28 bits per heavy atom. The zero-order valence-electron chi connectivity index (χ0n) is 11.9. The van der Waals surface area contributed by atoms with Gasteiger partial charge >= 0.3 is 0 Å². The lowest BCUT2D eigenvalue weighted by atomic mass is 10.0. The van der Waals surface area contributed by atoms with Crippen molar-refractivity contribution in [3.05, 3.63) is 34.9 Å².